The van der Waals surface area contributed by atoms with Gasteiger partial charge < -0.3 is 9.13 Å². The summed E-state index contributed by atoms with van der Waals surface area (Å²) in [4.78, 5) is 0. The minimum absolute atomic E-state index is 1.17. The molecule has 2 heterocycles. The molecular formula is C54H38N2Si. The Labute approximate surface area is 333 Å². The first-order valence-corrected chi connectivity index (χ1v) is 21.7. The van der Waals surface area contributed by atoms with E-state index in [1.165, 1.54) is 86.9 Å². The topological polar surface area (TPSA) is 9.86 Å². The number of hydrogen-bond donors (Lipinski definition) is 0. The zero-order chi connectivity index (χ0) is 37.8. The highest BCUT2D eigenvalue weighted by Gasteiger charge is 2.41. The minimum Gasteiger partial charge on any atom is -0.309 e. The average molecular weight is 743 g/mol. The first-order chi connectivity index (χ1) is 28.3. The van der Waals surface area contributed by atoms with Gasteiger partial charge in [-0.15, -0.1) is 0 Å². The lowest BCUT2D eigenvalue weighted by Crippen LogP contribution is -2.74. The maximum Gasteiger partial charge on any atom is 0.179 e. The molecule has 9 aromatic carbocycles. The minimum atomic E-state index is -2.78. The van der Waals surface area contributed by atoms with Gasteiger partial charge in [-0.2, -0.15) is 0 Å². The van der Waals surface area contributed by atoms with Crippen LogP contribution in [0.4, 0.5) is 0 Å². The number of rotatable bonds is 7. The summed E-state index contributed by atoms with van der Waals surface area (Å²) in [6, 6.07) is 85.2. The number of nitrogens with zero attached hydrogens (tertiary/aromatic N) is 2. The summed E-state index contributed by atoms with van der Waals surface area (Å²) in [5.74, 6) is 0. The molecule has 2 aromatic heterocycles. The Balaban J connectivity index is 1.25. The third-order valence-corrected chi connectivity index (χ3v) is 16.6. The van der Waals surface area contributed by atoms with Gasteiger partial charge >= 0.3 is 0 Å². The Morgan fingerprint density at radius 1 is 0.281 bits per heavy atom. The zero-order valence-electron chi connectivity index (χ0n) is 31.3. The van der Waals surface area contributed by atoms with E-state index in [0.717, 1.165) is 0 Å². The lowest BCUT2D eigenvalue weighted by Gasteiger charge is -2.34. The predicted octanol–water partition coefficient (Wildman–Crippen LogP) is 10.9. The maximum atomic E-state index is 2.54. The molecule has 0 amide bonds. The normalized spacial score (nSPS) is 11.9. The summed E-state index contributed by atoms with van der Waals surface area (Å²) in [7, 11) is -2.78. The number of hydrogen-bond acceptors (Lipinski definition) is 0. The highest BCUT2D eigenvalue weighted by molar-refractivity contribution is 7.20. The van der Waals surface area contributed by atoms with E-state index in [1.54, 1.807) is 0 Å². The van der Waals surface area contributed by atoms with E-state index < -0.39 is 8.07 Å². The highest BCUT2D eigenvalue weighted by atomic mass is 28.3. The van der Waals surface area contributed by atoms with Crippen molar-refractivity contribution in [3.8, 4) is 22.5 Å². The van der Waals surface area contributed by atoms with Crippen LogP contribution in [0.3, 0.4) is 0 Å². The number of para-hydroxylation sites is 3. The van der Waals surface area contributed by atoms with Crippen LogP contribution in [0.15, 0.2) is 231 Å². The Hall–Kier alpha value is -7.20. The van der Waals surface area contributed by atoms with Crippen LogP contribution >= 0.6 is 0 Å². The molecule has 3 heteroatoms. The van der Waals surface area contributed by atoms with Crippen molar-refractivity contribution in [2.45, 2.75) is 0 Å². The van der Waals surface area contributed by atoms with Crippen molar-refractivity contribution in [1.82, 2.24) is 9.13 Å². The Morgan fingerprint density at radius 2 is 0.737 bits per heavy atom. The van der Waals surface area contributed by atoms with E-state index in [0.29, 0.717) is 0 Å². The van der Waals surface area contributed by atoms with Crippen LogP contribution in [0, 0.1) is 0 Å². The number of benzene rings is 9. The second-order valence-corrected chi connectivity index (χ2v) is 18.6. The molecule has 0 aliphatic rings. The monoisotopic (exact) mass is 742 g/mol. The smallest absolute Gasteiger partial charge is 0.179 e. The van der Waals surface area contributed by atoms with Crippen molar-refractivity contribution in [3.05, 3.63) is 231 Å². The van der Waals surface area contributed by atoms with Crippen molar-refractivity contribution < 1.29 is 0 Å². The van der Waals surface area contributed by atoms with E-state index >= 15 is 0 Å². The van der Waals surface area contributed by atoms with Crippen molar-refractivity contribution in [2.75, 3.05) is 0 Å². The molecule has 0 aliphatic carbocycles. The second-order valence-electron chi connectivity index (χ2n) is 14.8. The fourth-order valence-electron chi connectivity index (χ4n) is 9.50. The molecule has 0 saturated heterocycles. The second kappa shape index (κ2) is 13.5. The van der Waals surface area contributed by atoms with Gasteiger partial charge in [-0.25, -0.2) is 0 Å². The van der Waals surface area contributed by atoms with Gasteiger partial charge in [0.05, 0.1) is 33.4 Å². The highest BCUT2D eigenvalue weighted by Crippen LogP contribution is 2.41. The molecule has 268 valence electrons. The van der Waals surface area contributed by atoms with Gasteiger partial charge in [-0.1, -0.05) is 194 Å². The molecular weight excluding hydrogens is 705 g/mol. The molecule has 0 spiro atoms. The van der Waals surface area contributed by atoms with Crippen LogP contribution in [-0.2, 0) is 0 Å². The van der Waals surface area contributed by atoms with E-state index in [4.69, 9.17) is 0 Å². The van der Waals surface area contributed by atoms with Crippen molar-refractivity contribution >= 4 is 72.4 Å². The average Bonchev–Trinajstić information content (AvgIpc) is 3.81. The molecule has 2 nitrogen and oxygen atoms in total. The molecule has 0 bridgehead atoms. The van der Waals surface area contributed by atoms with E-state index in [-0.39, 0.29) is 0 Å². The van der Waals surface area contributed by atoms with Gasteiger partial charge in [0.1, 0.15) is 0 Å². The molecule has 11 aromatic rings. The van der Waals surface area contributed by atoms with Crippen molar-refractivity contribution in [3.63, 3.8) is 0 Å². The van der Waals surface area contributed by atoms with Gasteiger partial charge in [0, 0.05) is 27.1 Å². The Morgan fingerprint density at radius 3 is 1.39 bits per heavy atom. The molecule has 0 fully saturated rings. The molecule has 57 heavy (non-hydrogen) atoms. The molecule has 0 N–H and O–H groups in total. The Bertz CT molecular complexity index is 3120. The van der Waals surface area contributed by atoms with Crippen LogP contribution in [0.1, 0.15) is 0 Å². The molecule has 11 rings (SSSR count). The SMILES string of the molecule is c1ccc(-c2ccccc2-n2c3ccccc3c3c(-n4c5ccccc5c5ccc([Si](c6ccccc6)(c6ccccc6)c6ccccc6)cc54)cccc32)cc1. The summed E-state index contributed by atoms with van der Waals surface area (Å²) in [5.41, 5.74) is 9.53. The van der Waals surface area contributed by atoms with Gasteiger partial charge in [-0.3, -0.25) is 0 Å². The summed E-state index contributed by atoms with van der Waals surface area (Å²) in [6.07, 6.45) is 0. The lowest BCUT2D eigenvalue weighted by atomic mass is 10.0. The van der Waals surface area contributed by atoms with Crippen molar-refractivity contribution in [2.24, 2.45) is 0 Å². The van der Waals surface area contributed by atoms with Crippen LogP contribution in [0.2, 0.25) is 0 Å². The fraction of sp³-hybridized carbons (Fsp3) is 0. The van der Waals surface area contributed by atoms with Gasteiger partial charge in [0.25, 0.3) is 0 Å². The zero-order valence-corrected chi connectivity index (χ0v) is 32.3. The molecule has 0 aliphatic heterocycles. The lowest BCUT2D eigenvalue weighted by molar-refractivity contribution is 1.17. The quantitative estimate of drug-likeness (QED) is 0.114. The molecule has 0 radical (unpaired) electrons. The summed E-state index contributed by atoms with van der Waals surface area (Å²) in [5, 5.41) is 10.4. The van der Waals surface area contributed by atoms with E-state index in [2.05, 4.69) is 240 Å². The summed E-state index contributed by atoms with van der Waals surface area (Å²) < 4.78 is 5.00. The molecule has 0 atom stereocenters. The molecule has 0 saturated carbocycles. The summed E-state index contributed by atoms with van der Waals surface area (Å²) >= 11 is 0. The number of aromatic nitrogens is 2. The van der Waals surface area contributed by atoms with Crippen LogP contribution < -0.4 is 20.7 Å². The third-order valence-electron chi connectivity index (χ3n) is 11.9. The van der Waals surface area contributed by atoms with Gasteiger partial charge in [0.2, 0.25) is 0 Å². The van der Waals surface area contributed by atoms with Gasteiger partial charge in [-0.05, 0) is 62.7 Å². The van der Waals surface area contributed by atoms with Crippen molar-refractivity contribution in [1.29, 1.82) is 0 Å². The van der Waals surface area contributed by atoms with Crippen LogP contribution in [0.25, 0.3) is 66.1 Å². The standard InChI is InChI=1S/C54H38N2Si/c1-5-20-39(21-6-1)44-28-13-16-31-48(44)55-50-33-18-15-30-47(50)54-51(55)34-19-35-52(54)56-49-32-17-14-29-45(49)46-37-36-43(38-53(46)56)57(40-22-7-2-8-23-40,41-24-9-3-10-25-41)42-26-11-4-12-27-42/h1-38H. The Kier molecular flexibility index (Phi) is 7.87. The van der Waals surface area contributed by atoms with E-state index in [9.17, 15) is 0 Å². The van der Waals surface area contributed by atoms with Crippen LogP contribution in [0.5, 0.6) is 0 Å². The van der Waals surface area contributed by atoms with E-state index in [1.807, 2.05) is 0 Å². The molecule has 0 unspecified atom stereocenters. The summed E-state index contributed by atoms with van der Waals surface area (Å²) in [6.45, 7) is 0. The first-order valence-electron chi connectivity index (χ1n) is 19.7. The maximum absolute atomic E-state index is 2.78. The number of fused-ring (bicyclic) bond motifs is 6. The fourth-order valence-corrected chi connectivity index (χ4v) is 14.3. The third kappa shape index (κ3) is 5.10. The van der Waals surface area contributed by atoms with Crippen LogP contribution in [-0.4, -0.2) is 17.2 Å². The largest absolute Gasteiger partial charge is 0.309 e. The van der Waals surface area contributed by atoms with Gasteiger partial charge in [0.15, 0.2) is 8.07 Å². The predicted molar refractivity (Wildman–Crippen MR) is 244 cm³/mol. The first kappa shape index (κ1) is 33.2.